The summed E-state index contributed by atoms with van der Waals surface area (Å²) in [4.78, 5) is 1.99. The molecule has 0 radical (unpaired) electrons. The van der Waals surface area contributed by atoms with E-state index in [0.717, 1.165) is 25.7 Å². The Hall–Kier alpha value is -1.31. The molecule has 1 fully saturated rings. The molecule has 6 nitrogen and oxygen atoms in total. The molecule has 1 aromatic carbocycles. The quantitative estimate of drug-likeness (QED) is 0.703. The lowest BCUT2D eigenvalue weighted by atomic mass is 10.0. The summed E-state index contributed by atoms with van der Waals surface area (Å²) >= 11 is 0. The number of likely N-dealkylation sites (N-methyl/N-ethyl adjacent to an activating group) is 1. The Bertz CT molecular complexity index is 610. The molecular formula is C14H23N3O3S. The smallest absolute Gasteiger partial charge is 0.240 e. The Balaban J connectivity index is 2.28. The van der Waals surface area contributed by atoms with Gasteiger partial charge in [-0.25, -0.2) is 13.1 Å². The van der Waals surface area contributed by atoms with Crippen molar-refractivity contribution in [2.75, 3.05) is 31.3 Å². The van der Waals surface area contributed by atoms with Crippen molar-refractivity contribution in [3.63, 3.8) is 0 Å². The van der Waals surface area contributed by atoms with E-state index in [4.69, 9.17) is 5.73 Å². The lowest BCUT2D eigenvalue weighted by Crippen LogP contribution is -2.39. The van der Waals surface area contributed by atoms with Gasteiger partial charge in [0, 0.05) is 13.6 Å². The first-order valence-electron chi connectivity index (χ1n) is 7.04. The summed E-state index contributed by atoms with van der Waals surface area (Å²) < 4.78 is 26.0. The molecule has 21 heavy (non-hydrogen) atoms. The van der Waals surface area contributed by atoms with Gasteiger partial charge in [-0.2, -0.15) is 0 Å². The molecule has 0 saturated heterocycles. The first kappa shape index (κ1) is 16.1. The zero-order valence-corrected chi connectivity index (χ0v) is 13.3. The number of rotatable bonds is 5. The number of nitrogens with one attached hydrogen (secondary N) is 1. The van der Waals surface area contributed by atoms with E-state index in [-0.39, 0.29) is 4.90 Å². The fourth-order valence-corrected chi connectivity index (χ4v) is 3.61. The van der Waals surface area contributed by atoms with Crippen LogP contribution in [0.4, 0.5) is 11.4 Å². The second-order valence-electron chi connectivity index (χ2n) is 5.72. The largest absolute Gasteiger partial charge is 0.397 e. The molecule has 0 aromatic heterocycles. The molecule has 1 aromatic rings. The molecule has 4 N–H and O–H groups in total. The first-order valence-corrected chi connectivity index (χ1v) is 8.52. The van der Waals surface area contributed by atoms with Crippen LogP contribution in [-0.4, -0.2) is 39.8 Å². The van der Waals surface area contributed by atoms with Crippen molar-refractivity contribution in [2.24, 2.45) is 0 Å². The van der Waals surface area contributed by atoms with E-state index in [2.05, 4.69) is 4.72 Å². The third-order valence-corrected chi connectivity index (χ3v) is 5.47. The van der Waals surface area contributed by atoms with Gasteiger partial charge in [-0.05, 0) is 38.1 Å². The highest BCUT2D eigenvalue weighted by Crippen LogP contribution is 2.33. The summed E-state index contributed by atoms with van der Waals surface area (Å²) in [6.07, 6.45) is 3.58. The maximum absolute atomic E-state index is 11.9. The Morgan fingerprint density at radius 2 is 2.00 bits per heavy atom. The molecule has 1 saturated carbocycles. The maximum atomic E-state index is 11.9. The topological polar surface area (TPSA) is 95.7 Å². The molecule has 0 unspecified atom stereocenters. The molecule has 1 aliphatic carbocycles. The summed E-state index contributed by atoms with van der Waals surface area (Å²) in [5.41, 5.74) is 6.36. The minimum Gasteiger partial charge on any atom is -0.397 e. The van der Waals surface area contributed by atoms with Crippen molar-refractivity contribution in [3.05, 3.63) is 18.2 Å². The van der Waals surface area contributed by atoms with E-state index in [1.165, 1.54) is 13.1 Å². The number of anilines is 2. The van der Waals surface area contributed by atoms with Crippen molar-refractivity contribution in [1.29, 1.82) is 0 Å². The van der Waals surface area contributed by atoms with Crippen LogP contribution in [0.1, 0.15) is 25.7 Å². The SMILES string of the molecule is CNS(=O)(=O)c1ccc(N)c(N(C)CC2(O)CCCC2)c1. The lowest BCUT2D eigenvalue weighted by Gasteiger charge is -2.31. The molecule has 0 bridgehead atoms. The predicted octanol–water partition coefficient (Wildman–Crippen LogP) is 0.918. The van der Waals surface area contributed by atoms with Crippen LogP contribution < -0.4 is 15.4 Å². The van der Waals surface area contributed by atoms with Gasteiger partial charge < -0.3 is 15.7 Å². The van der Waals surface area contributed by atoms with Crippen LogP contribution in [0, 0.1) is 0 Å². The fraction of sp³-hybridized carbons (Fsp3) is 0.571. The normalized spacial score (nSPS) is 17.9. The molecule has 7 heteroatoms. The predicted molar refractivity (Wildman–Crippen MR) is 83.8 cm³/mol. The summed E-state index contributed by atoms with van der Waals surface area (Å²) in [7, 11) is -0.320. The van der Waals surface area contributed by atoms with E-state index in [0.29, 0.717) is 17.9 Å². The standard InChI is InChI=1S/C14H23N3O3S/c1-16-21(19,20)11-5-6-12(15)13(9-11)17(2)10-14(18)7-3-4-8-14/h5-6,9,16,18H,3-4,7-8,10,15H2,1-2H3. The number of nitrogens with zero attached hydrogens (tertiary/aromatic N) is 1. The Kier molecular flexibility index (Phi) is 4.46. The van der Waals surface area contributed by atoms with Gasteiger partial charge in [-0.1, -0.05) is 12.8 Å². The number of benzene rings is 1. The maximum Gasteiger partial charge on any atom is 0.240 e. The van der Waals surface area contributed by atoms with E-state index < -0.39 is 15.6 Å². The molecular weight excluding hydrogens is 290 g/mol. The molecule has 0 amide bonds. The van der Waals surface area contributed by atoms with Crippen molar-refractivity contribution < 1.29 is 13.5 Å². The number of hydrogen-bond acceptors (Lipinski definition) is 5. The van der Waals surface area contributed by atoms with Crippen LogP contribution in [0.5, 0.6) is 0 Å². The van der Waals surface area contributed by atoms with Gasteiger partial charge in [0.25, 0.3) is 0 Å². The van der Waals surface area contributed by atoms with Crippen molar-refractivity contribution in [2.45, 2.75) is 36.2 Å². The lowest BCUT2D eigenvalue weighted by molar-refractivity contribution is 0.0559. The number of hydrogen-bond donors (Lipinski definition) is 3. The van der Waals surface area contributed by atoms with Gasteiger partial charge in [-0.15, -0.1) is 0 Å². The van der Waals surface area contributed by atoms with Crippen LogP contribution in [0.2, 0.25) is 0 Å². The molecule has 0 spiro atoms. The summed E-state index contributed by atoms with van der Waals surface area (Å²) in [6, 6.07) is 4.59. The molecule has 2 rings (SSSR count). The minimum absolute atomic E-state index is 0.166. The average Bonchev–Trinajstić information content (AvgIpc) is 2.85. The van der Waals surface area contributed by atoms with Crippen molar-refractivity contribution >= 4 is 21.4 Å². The highest BCUT2D eigenvalue weighted by Gasteiger charge is 2.32. The number of sulfonamides is 1. The van der Waals surface area contributed by atoms with Crippen LogP contribution in [0.25, 0.3) is 0 Å². The van der Waals surface area contributed by atoms with E-state index in [9.17, 15) is 13.5 Å². The summed E-state index contributed by atoms with van der Waals surface area (Å²) in [6.45, 7) is 0.445. The third kappa shape index (κ3) is 3.48. The highest BCUT2D eigenvalue weighted by atomic mass is 32.2. The van der Waals surface area contributed by atoms with Gasteiger partial charge in [-0.3, -0.25) is 0 Å². The van der Waals surface area contributed by atoms with Crippen LogP contribution in [-0.2, 0) is 10.0 Å². The number of nitrogens with two attached hydrogens (primary N) is 1. The van der Waals surface area contributed by atoms with E-state index in [1.54, 1.807) is 12.1 Å². The summed E-state index contributed by atoms with van der Waals surface area (Å²) in [5, 5.41) is 10.5. The molecule has 0 heterocycles. The fourth-order valence-electron chi connectivity index (χ4n) is 2.86. The Morgan fingerprint density at radius 1 is 1.38 bits per heavy atom. The highest BCUT2D eigenvalue weighted by molar-refractivity contribution is 7.89. The van der Waals surface area contributed by atoms with Crippen LogP contribution in [0.15, 0.2) is 23.1 Å². The van der Waals surface area contributed by atoms with E-state index >= 15 is 0 Å². The van der Waals surface area contributed by atoms with Crippen molar-refractivity contribution in [1.82, 2.24) is 4.72 Å². The van der Waals surface area contributed by atoms with Crippen molar-refractivity contribution in [3.8, 4) is 0 Å². The first-order chi connectivity index (χ1) is 9.77. The number of nitrogen functional groups attached to an aromatic ring is 1. The zero-order chi connectivity index (χ0) is 15.7. The van der Waals surface area contributed by atoms with Crippen LogP contribution >= 0.6 is 0 Å². The second kappa shape index (κ2) is 5.82. The molecule has 0 aliphatic heterocycles. The molecule has 0 atom stereocenters. The third-order valence-electron chi connectivity index (χ3n) is 4.06. The van der Waals surface area contributed by atoms with E-state index in [1.807, 2.05) is 11.9 Å². The molecule has 118 valence electrons. The van der Waals surface area contributed by atoms with Gasteiger partial charge >= 0.3 is 0 Å². The summed E-state index contributed by atoms with van der Waals surface area (Å²) in [5.74, 6) is 0. The average molecular weight is 313 g/mol. The van der Waals surface area contributed by atoms with Crippen LogP contribution in [0.3, 0.4) is 0 Å². The molecule has 1 aliphatic rings. The Morgan fingerprint density at radius 3 is 2.57 bits per heavy atom. The zero-order valence-electron chi connectivity index (χ0n) is 12.5. The van der Waals surface area contributed by atoms with Gasteiger partial charge in [0.2, 0.25) is 10.0 Å². The Labute approximate surface area is 126 Å². The van der Waals surface area contributed by atoms with Gasteiger partial charge in [0.1, 0.15) is 0 Å². The van der Waals surface area contributed by atoms with Gasteiger partial charge in [0.15, 0.2) is 0 Å². The minimum atomic E-state index is -3.51. The number of aliphatic hydroxyl groups is 1. The monoisotopic (exact) mass is 313 g/mol. The van der Waals surface area contributed by atoms with Gasteiger partial charge in [0.05, 0.1) is 21.9 Å². The second-order valence-corrected chi connectivity index (χ2v) is 7.60.